The average Bonchev–Trinajstić information content (AvgIpc) is 3.11. The van der Waals surface area contributed by atoms with E-state index in [4.69, 9.17) is 4.74 Å². The summed E-state index contributed by atoms with van der Waals surface area (Å²) < 4.78 is 5.39. The Morgan fingerprint density at radius 3 is 2.76 bits per heavy atom. The van der Waals surface area contributed by atoms with Gasteiger partial charge in [0, 0.05) is 32.7 Å². The molecule has 10 heteroatoms. The minimum Gasteiger partial charge on any atom is -0.378 e. The lowest BCUT2D eigenvalue weighted by molar-refractivity contribution is -0.136. The predicted octanol–water partition coefficient (Wildman–Crippen LogP) is 1.17. The third kappa shape index (κ3) is 4.15. The van der Waals surface area contributed by atoms with Crippen molar-refractivity contribution in [3.63, 3.8) is 0 Å². The van der Waals surface area contributed by atoms with E-state index >= 15 is 0 Å². The number of carbonyl (C=O) groups excluding carboxylic acids is 1. The fourth-order valence-electron chi connectivity index (χ4n) is 3.11. The molecule has 1 amide bonds. The Hall–Kier alpha value is -1.19. The molecule has 138 valence electrons. The van der Waals surface area contributed by atoms with Crippen molar-refractivity contribution in [2.45, 2.75) is 6.04 Å². The second-order valence-electron chi connectivity index (χ2n) is 5.73. The van der Waals surface area contributed by atoms with Crippen molar-refractivity contribution in [2.75, 3.05) is 50.8 Å². The third-order valence-corrected chi connectivity index (χ3v) is 5.17. The highest BCUT2D eigenvalue weighted by atomic mass is 35.5. The Bertz CT molecular complexity index is 702. The first-order valence-electron chi connectivity index (χ1n) is 7.86. The fourth-order valence-corrected chi connectivity index (χ4v) is 3.84. The Morgan fingerprint density at radius 2 is 2.04 bits per heavy atom. The summed E-state index contributed by atoms with van der Waals surface area (Å²) in [7, 11) is 0. The molecule has 7 nitrogen and oxygen atoms in total. The molecular weight excluding hydrogens is 385 g/mol. The zero-order valence-corrected chi connectivity index (χ0v) is 16.0. The molecule has 0 aliphatic carbocycles. The Kier molecular flexibility index (Phi) is 7.21. The molecule has 4 rings (SSSR count). The number of ether oxygens (including phenoxy) is 1. The number of piperazine rings is 1. The van der Waals surface area contributed by atoms with Gasteiger partial charge in [-0.2, -0.15) is 0 Å². The molecule has 2 aromatic rings. The average molecular weight is 406 g/mol. The van der Waals surface area contributed by atoms with Crippen LogP contribution in [-0.2, 0) is 9.53 Å². The first-order valence-corrected chi connectivity index (χ1v) is 8.74. The molecule has 0 radical (unpaired) electrons. The molecule has 2 fully saturated rings. The Balaban J connectivity index is 0.00000113. The number of nitrogens with one attached hydrogen (secondary N) is 1. The van der Waals surface area contributed by atoms with Crippen LogP contribution < -0.4 is 10.2 Å². The van der Waals surface area contributed by atoms with E-state index in [1.165, 1.54) is 0 Å². The Labute approximate surface area is 162 Å². The molecule has 0 spiro atoms. The van der Waals surface area contributed by atoms with Crippen LogP contribution in [0.4, 0.5) is 5.82 Å². The van der Waals surface area contributed by atoms with E-state index < -0.39 is 0 Å². The van der Waals surface area contributed by atoms with E-state index in [1.54, 1.807) is 17.7 Å². The lowest BCUT2D eigenvalue weighted by atomic mass is 10.2. The SMILES string of the molecule is Cl.Cl.O=C(C1COCCN1)N1CCN(c2ncnc3sccc23)CC1. The van der Waals surface area contributed by atoms with Gasteiger partial charge in [-0.15, -0.1) is 36.2 Å². The zero-order valence-electron chi connectivity index (χ0n) is 13.6. The van der Waals surface area contributed by atoms with Crippen molar-refractivity contribution in [3.05, 3.63) is 17.8 Å². The number of thiophene rings is 1. The van der Waals surface area contributed by atoms with Gasteiger partial charge in [-0.3, -0.25) is 4.79 Å². The number of carbonyl (C=O) groups is 1. The van der Waals surface area contributed by atoms with Crippen molar-refractivity contribution in [1.82, 2.24) is 20.2 Å². The fraction of sp³-hybridized carbons (Fsp3) is 0.533. The number of anilines is 1. The summed E-state index contributed by atoms with van der Waals surface area (Å²) in [6.45, 7) is 4.91. The summed E-state index contributed by atoms with van der Waals surface area (Å²) >= 11 is 1.63. The van der Waals surface area contributed by atoms with Crippen LogP contribution >= 0.6 is 36.2 Å². The Morgan fingerprint density at radius 1 is 1.24 bits per heavy atom. The van der Waals surface area contributed by atoms with Crippen molar-refractivity contribution in [2.24, 2.45) is 0 Å². The summed E-state index contributed by atoms with van der Waals surface area (Å²) in [5.74, 6) is 1.12. The van der Waals surface area contributed by atoms with Crippen molar-refractivity contribution < 1.29 is 9.53 Å². The molecule has 1 N–H and O–H groups in total. The molecule has 0 saturated carbocycles. The second-order valence-corrected chi connectivity index (χ2v) is 6.63. The number of amides is 1. The number of fused-ring (bicyclic) bond motifs is 1. The third-order valence-electron chi connectivity index (χ3n) is 4.35. The number of aromatic nitrogens is 2. The summed E-state index contributed by atoms with van der Waals surface area (Å²) in [5, 5.41) is 6.37. The van der Waals surface area contributed by atoms with Gasteiger partial charge in [0.05, 0.1) is 18.6 Å². The summed E-state index contributed by atoms with van der Waals surface area (Å²) in [4.78, 5) is 26.4. The van der Waals surface area contributed by atoms with Gasteiger partial charge in [0.25, 0.3) is 0 Å². The standard InChI is InChI=1S/C15H19N5O2S.2ClH/c21-15(12-9-22-7-2-16-12)20-5-3-19(4-6-20)13-11-1-8-23-14(11)18-10-17-13;;/h1,8,10,12,16H,2-7,9H2;2*1H. The van der Waals surface area contributed by atoms with E-state index in [2.05, 4.69) is 26.3 Å². The van der Waals surface area contributed by atoms with Crippen molar-refractivity contribution >= 4 is 58.1 Å². The van der Waals surface area contributed by atoms with Gasteiger partial charge in [0.2, 0.25) is 5.91 Å². The van der Waals surface area contributed by atoms with E-state index in [1.807, 2.05) is 10.3 Å². The lowest BCUT2D eigenvalue weighted by Gasteiger charge is -2.37. The molecule has 1 atom stereocenters. The summed E-state index contributed by atoms with van der Waals surface area (Å²) in [6, 6.07) is 1.87. The molecule has 2 saturated heterocycles. The molecule has 2 aromatic heterocycles. The van der Waals surface area contributed by atoms with Crippen LogP contribution in [0.3, 0.4) is 0 Å². The van der Waals surface area contributed by atoms with Crippen molar-refractivity contribution in [3.8, 4) is 0 Å². The number of halogens is 2. The molecule has 1 unspecified atom stereocenters. The van der Waals surface area contributed by atoms with E-state index in [0.717, 1.165) is 35.7 Å². The van der Waals surface area contributed by atoms with Crippen LogP contribution in [0.2, 0.25) is 0 Å². The van der Waals surface area contributed by atoms with Crippen LogP contribution in [0.5, 0.6) is 0 Å². The minimum atomic E-state index is -0.196. The normalized spacial score (nSPS) is 20.7. The lowest BCUT2D eigenvalue weighted by Crippen LogP contribution is -2.57. The van der Waals surface area contributed by atoms with Gasteiger partial charge in [0.15, 0.2) is 0 Å². The first-order chi connectivity index (χ1) is 11.3. The first kappa shape index (κ1) is 20.1. The van der Waals surface area contributed by atoms with Crippen molar-refractivity contribution in [1.29, 1.82) is 0 Å². The number of morpholine rings is 1. The molecule has 2 aliphatic rings. The number of rotatable bonds is 2. The van der Waals surface area contributed by atoms with Crippen LogP contribution in [0.15, 0.2) is 17.8 Å². The predicted molar refractivity (Wildman–Crippen MR) is 103 cm³/mol. The second kappa shape index (κ2) is 8.95. The largest absolute Gasteiger partial charge is 0.378 e. The molecule has 2 aliphatic heterocycles. The van der Waals surface area contributed by atoms with Gasteiger partial charge in [-0.1, -0.05) is 0 Å². The molecule has 4 heterocycles. The minimum absolute atomic E-state index is 0. The van der Waals surface area contributed by atoms with Gasteiger partial charge in [0.1, 0.15) is 23.0 Å². The van der Waals surface area contributed by atoms with Crippen LogP contribution in [0, 0.1) is 0 Å². The van der Waals surface area contributed by atoms with Gasteiger partial charge in [-0.05, 0) is 11.4 Å². The van der Waals surface area contributed by atoms with Crippen LogP contribution in [0.25, 0.3) is 10.2 Å². The molecule has 0 bridgehead atoms. The van der Waals surface area contributed by atoms with Gasteiger partial charge >= 0.3 is 0 Å². The monoisotopic (exact) mass is 405 g/mol. The maximum atomic E-state index is 12.5. The van der Waals surface area contributed by atoms with Crippen LogP contribution in [-0.4, -0.2) is 72.8 Å². The highest BCUT2D eigenvalue weighted by Crippen LogP contribution is 2.27. The zero-order chi connectivity index (χ0) is 15.6. The molecule has 0 aromatic carbocycles. The summed E-state index contributed by atoms with van der Waals surface area (Å²) in [5.41, 5.74) is 0. The van der Waals surface area contributed by atoms with Crippen LogP contribution in [0.1, 0.15) is 0 Å². The maximum absolute atomic E-state index is 12.5. The van der Waals surface area contributed by atoms with E-state index in [0.29, 0.717) is 26.3 Å². The quantitative estimate of drug-likeness (QED) is 0.808. The van der Waals surface area contributed by atoms with E-state index in [-0.39, 0.29) is 36.8 Å². The molecule has 25 heavy (non-hydrogen) atoms. The summed E-state index contributed by atoms with van der Waals surface area (Å²) in [6.07, 6.45) is 1.62. The highest BCUT2D eigenvalue weighted by molar-refractivity contribution is 7.16. The number of hydrogen-bond acceptors (Lipinski definition) is 7. The smallest absolute Gasteiger partial charge is 0.242 e. The van der Waals surface area contributed by atoms with E-state index in [9.17, 15) is 4.79 Å². The van der Waals surface area contributed by atoms with Gasteiger partial charge < -0.3 is 19.9 Å². The highest BCUT2D eigenvalue weighted by Gasteiger charge is 2.29. The van der Waals surface area contributed by atoms with Gasteiger partial charge in [-0.25, -0.2) is 9.97 Å². The topological polar surface area (TPSA) is 70.6 Å². The number of nitrogens with zero attached hydrogens (tertiary/aromatic N) is 4. The molecular formula is C15H21Cl2N5O2S. The number of hydrogen-bond donors (Lipinski definition) is 1. The maximum Gasteiger partial charge on any atom is 0.242 e.